The molecule has 0 aliphatic heterocycles. The molecule has 0 fully saturated rings. The van der Waals surface area contributed by atoms with E-state index >= 15 is 0 Å². The van der Waals surface area contributed by atoms with Crippen LogP contribution in [0.1, 0.15) is 0 Å². The second kappa shape index (κ2) is 12.5. The summed E-state index contributed by atoms with van der Waals surface area (Å²) in [5.41, 5.74) is 11.7. The molecule has 0 unspecified atom stereocenters. The van der Waals surface area contributed by atoms with E-state index in [1.165, 1.54) is 65.6 Å². The molecule has 10 aromatic rings. The van der Waals surface area contributed by atoms with Crippen LogP contribution in [0.25, 0.3) is 71.3 Å². The fourth-order valence-electron chi connectivity index (χ4n) is 7.74. The third-order valence-corrected chi connectivity index (χ3v) is 10.3. The second-order valence-corrected chi connectivity index (χ2v) is 13.4. The van der Waals surface area contributed by atoms with Crippen molar-refractivity contribution < 1.29 is 0 Å². The number of para-hydroxylation sites is 2. The zero-order valence-electron chi connectivity index (χ0n) is 28.5. The van der Waals surface area contributed by atoms with Crippen molar-refractivity contribution in [3.05, 3.63) is 206 Å². The van der Waals surface area contributed by atoms with Crippen molar-refractivity contribution >= 4 is 60.4 Å². The maximum Gasteiger partial charge on any atom is 0.0561 e. The van der Waals surface area contributed by atoms with E-state index in [2.05, 4.69) is 216 Å². The fourth-order valence-corrected chi connectivity index (χ4v) is 7.74. The first kappa shape index (κ1) is 30.0. The third kappa shape index (κ3) is 5.21. The van der Waals surface area contributed by atoms with Crippen LogP contribution in [-0.2, 0) is 0 Å². The lowest BCUT2D eigenvalue weighted by Crippen LogP contribution is -2.10. The average molecular weight is 663 g/mol. The van der Waals surface area contributed by atoms with Gasteiger partial charge >= 0.3 is 0 Å². The Labute approximate surface area is 303 Å². The number of anilines is 3. The summed E-state index contributed by atoms with van der Waals surface area (Å²) in [6.45, 7) is 0. The first-order chi connectivity index (χ1) is 25.8. The van der Waals surface area contributed by atoms with Gasteiger partial charge in [0.25, 0.3) is 0 Å². The van der Waals surface area contributed by atoms with Gasteiger partial charge in [-0.25, -0.2) is 0 Å². The van der Waals surface area contributed by atoms with E-state index in [0.29, 0.717) is 0 Å². The van der Waals surface area contributed by atoms with E-state index in [4.69, 9.17) is 0 Å². The summed E-state index contributed by atoms with van der Waals surface area (Å²) in [5.74, 6) is 0. The molecular weight excluding hydrogens is 629 g/mol. The molecular formula is C50H34N2. The maximum atomic E-state index is 2.42. The van der Waals surface area contributed by atoms with Gasteiger partial charge in [-0.15, -0.1) is 0 Å². The van der Waals surface area contributed by atoms with E-state index < -0.39 is 0 Å². The predicted octanol–water partition coefficient (Wildman–Crippen LogP) is 13.9. The van der Waals surface area contributed by atoms with Gasteiger partial charge in [0.05, 0.1) is 11.0 Å². The maximum absolute atomic E-state index is 2.42. The van der Waals surface area contributed by atoms with Gasteiger partial charge < -0.3 is 9.47 Å². The SMILES string of the molecule is c1ccc(N(c2ccc3ccccc3c2)c2ccc3c4ccc(-c5ccc(-c6ccc7ccccc7c6)cc5)cc4n(-c4ccccc4)c3c2)cc1. The Kier molecular flexibility index (Phi) is 7.18. The molecule has 0 saturated heterocycles. The number of hydrogen-bond acceptors (Lipinski definition) is 1. The standard InChI is InChI=1S/C50H34N2/c1-3-15-43(16-4-1)51(45-27-25-36-12-8-10-14-40(36)32-45)46-28-30-48-47-29-26-42(33-49(47)52(50(48)34-46)44-17-5-2-6-18-44)38-21-19-37(20-22-38)41-24-23-35-11-7-9-13-39(35)31-41/h1-34H. The number of hydrogen-bond donors (Lipinski definition) is 0. The molecule has 244 valence electrons. The largest absolute Gasteiger partial charge is 0.310 e. The van der Waals surface area contributed by atoms with Crippen LogP contribution in [0.5, 0.6) is 0 Å². The molecule has 10 rings (SSSR count). The van der Waals surface area contributed by atoms with Crippen molar-refractivity contribution in [3.63, 3.8) is 0 Å². The summed E-state index contributed by atoms with van der Waals surface area (Å²) in [6, 6.07) is 74.7. The number of nitrogens with zero attached hydrogens (tertiary/aromatic N) is 2. The van der Waals surface area contributed by atoms with Gasteiger partial charge in [0.15, 0.2) is 0 Å². The van der Waals surface area contributed by atoms with Crippen LogP contribution >= 0.6 is 0 Å². The monoisotopic (exact) mass is 662 g/mol. The molecule has 0 aliphatic carbocycles. The van der Waals surface area contributed by atoms with Crippen molar-refractivity contribution in [1.29, 1.82) is 0 Å². The number of rotatable bonds is 6. The Bertz CT molecular complexity index is 2890. The summed E-state index contributed by atoms with van der Waals surface area (Å²) in [6.07, 6.45) is 0. The van der Waals surface area contributed by atoms with Crippen LogP contribution in [0, 0.1) is 0 Å². The lowest BCUT2D eigenvalue weighted by atomic mass is 9.98. The number of aromatic nitrogens is 1. The predicted molar refractivity (Wildman–Crippen MR) is 221 cm³/mol. The molecule has 1 aromatic heterocycles. The van der Waals surface area contributed by atoms with E-state index in [1.54, 1.807) is 0 Å². The minimum Gasteiger partial charge on any atom is -0.310 e. The summed E-state index contributed by atoms with van der Waals surface area (Å²) in [5, 5.41) is 7.44. The van der Waals surface area contributed by atoms with Crippen LogP contribution in [-0.4, -0.2) is 4.57 Å². The highest BCUT2D eigenvalue weighted by Gasteiger charge is 2.18. The molecule has 0 atom stereocenters. The highest BCUT2D eigenvalue weighted by Crippen LogP contribution is 2.41. The summed E-state index contributed by atoms with van der Waals surface area (Å²) in [7, 11) is 0. The van der Waals surface area contributed by atoms with E-state index in [-0.39, 0.29) is 0 Å². The highest BCUT2D eigenvalue weighted by atomic mass is 15.1. The molecule has 0 saturated carbocycles. The first-order valence-electron chi connectivity index (χ1n) is 17.8. The van der Waals surface area contributed by atoms with Crippen LogP contribution < -0.4 is 4.90 Å². The minimum absolute atomic E-state index is 1.11. The van der Waals surface area contributed by atoms with Gasteiger partial charge in [-0.05, 0) is 104 Å². The number of fused-ring (bicyclic) bond motifs is 5. The quantitative estimate of drug-likeness (QED) is 0.172. The molecule has 2 heteroatoms. The second-order valence-electron chi connectivity index (χ2n) is 13.4. The Balaban J connectivity index is 1.12. The lowest BCUT2D eigenvalue weighted by molar-refractivity contribution is 1.18. The van der Waals surface area contributed by atoms with Crippen molar-refractivity contribution in [2.24, 2.45) is 0 Å². The van der Waals surface area contributed by atoms with Gasteiger partial charge in [0, 0.05) is 33.5 Å². The fraction of sp³-hybridized carbons (Fsp3) is 0. The lowest BCUT2D eigenvalue weighted by Gasteiger charge is -2.26. The van der Waals surface area contributed by atoms with Crippen LogP contribution in [0.2, 0.25) is 0 Å². The molecule has 9 aromatic carbocycles. The molecule has 0 amide bonds. The summed E-state index contributed by atoms with van der Waals surface area (Å²) < 4.78 is 2.42. The Morgan fingerprint density at radius 2 is 0.750 bits per heavy atom. The van der Waals surface area contributed by atoms with Gasteiger partial charge in [0.1, 0.15) is 0 Å². The van der Waals surface area contributed by atoms with Gasteiger partial charge in [0.2, 0.25) is 0 Å². The van der Waals surface area contributed by atoms with E-state index in [1.807, 2.05) is 0 Å². The third-order valence-electron chi connectivity index (χ3n) is 10.3. The van der Waals surface area contributed by atoms with Crippen LogP contribution in [0.15, 0.2) is 206 Å². The van der Waals surface area contributed by atoms with Crippen LogP contribution in [0.4, 0.5) is 17.1 Å². The average Bonchev–Trinajstić information content (AvgIpc) is 3.54. The molecule has 2 nitrogen and oxygen atoms in total. The molecule has 0 bridgehead atoms. The van der Waals surface area contributed by atoms with Crippen LogP contribution in [0.3, 0.4) is 0 Å². The molecule has 0 aliphatic rings. The Morgan fingerprint density at radius 1 is 0.288 bits per heavy atom. The van der Waals surface area contributed by atoms with Crippen molar-refractivity contribution in [3.8, 4) is 27.9 Å². The zero-order chi connectivity index (χ0) is 34.4. The van der Waals surface area contributed by atoms with Gasteiger partial charge in [-0.1, -0.05) is 146 Å². The molecule has 0 radical (unpaired) electrons. The first-order valence-corrected chi connectivity index (χ1v) is 17.8. The van der Waals surface area contributed by atoms with Gasteiger partial charge in [-0.3, -0.25) is 0 Å². The topological polar surface area (TPSA) is 8.17 Å². The van der Waals surface area contributed by atoms with Gasteiger partial charge in [-0.2, -0.15) is 0 Å². The summed E-state index contributed by atoms with van der Waals surface area (Å²) >= 11 is 0. The molecule has 1 heterocycles. The Hall–Kier alpha value is -6.90. The number of benzene rings is 9. The molecule has 52 heavy (non-hydrogen) atoms. The summed E-state index contributed by atoms with van der Waals surface area (Å²) in [4.78, 5) is 2.36. The molecule has 0 N–H and O–H groups in total. The zero-order valence-corrected chi connectivity index (χ0v) is 28.5. The van der Waals surface area contributed by atoms with Crippen molar-refractivity contribution in [1.82, 2.24) is 4.57 Å². The minimum atomic E-state index is 1.11. The van der Waals surface area contributed by atoms with E-state index in [0.717, 1.165) is 22.7 Å². The smallest absolute Gasteiger partial charge is 0.0561 e. The van der Waals surface area contributed by atoms with Crippen molar-refractivity contribution in [2.75, 3.05) is 4.90 Å². The highest BCUT2D eigenvalue weighted by molar-refractivity contribution is 6.11. The van der Waals surface area contributed by atoms with E-state index in [9.17, 15) is 0 Å². The Morgan fingerprint density at radius 3 is 1.44 bits per heavy atom. The van der Waals surface area contributed by atoms with Crippen molar-refractivity contribution in [2.45, 2.75) is 0 Å². The molecule has 0 spiro atoms. The normalized spacial score (nSPS) is 11.5.